The standard InChI is InChI=1S/C19H29NO/c1-4-9-16-10-12-17(13-11-16)18(21)19(2,3)20-14-7-5-6-8-15-20/h10-13H,4-9,14-15H2,1-3H3. The van der Waals surface area contributed by atoms with Crippen LogP contribution in [0.4, 0.5) is 0 Å². The summed E-state index contributed by atoms with van der Waals surface area (Å²) < 4.78 is 0. The Morgan fingerprint density at radius 1 is 1.05 bits per heavy atom. The van der Waals surface area contributed by atoms with Gasteiger partial charge in [-0.1, -0.05) is 50.5 Å². The van der Waals surface area contributed by atoms with E-state index in [1.54, 1.807) is 0 Å². The number of aryl methyl sites for hydroxylation is 1. The monoisotopic (exact) mass is 287 g/mol. The number of nitrogens with zero attached hydrogens (tertiary/aromatic N) is 1. The summed E-state index contributed by atoms with van der Waals surface area (Å²) in [5.41, 5.74) is 1.78. The molecule has 0 unspecified atom stereocenters. The molecule has 1 saturated heterocycles. The Balaban J connectivity index is 2.12. The molecule has 0 N–H and O–H groups in total. The lowest BCUT2D eigenvalue weighted by Gasteiger charge is -2.36. The zero-order chi connectivity index (χ0) is 15.3. The van der Waals surface area contributed by atoms with Gasteiger partial charge in [-0.3, -0.25) is 9.69 Å². The van der Waals surface area contributed by atoms with Gasteiger partial charge in [-0.2, -0.15) is 0 Å². The van der Waals surface area contributed by atoms with Crippen molar-refractivity contribution in [3.8, 4) is 0 Å². The second-order valence-electron chi connectivity index (χ2n) is 6.74. The molecule has 0 amide bonds. The van der Waals surface area contributed by atoms with E-state index < -0.39 is 5.54 Å². The minimum Gasteiger partial charge on any atom is -0.292 e. The van der Waals surface area contributed by atoms with E-state index >= 15 is 0 Å². The quantitative estimate of drug-likeness (QED) is 0.744. The van der Waals surface area contributed by atoms with E-state index in [4.69, 9.17) is 0 Å². The van der Waals surface area contributed by atoms with Gasteiger partial charge in [-0.25, -0.2) is 0 Å². The molecule has 2 nitrogen and oxygen atoms in total. The molecular formula is C19H29NO. The lowest BCUT2D eigenvalue weighted by atomic mass is 9.90. The Kier molecular flexibility index (Phi) is 5.58. The van der Waals surface area contributed by atoms with Gasteiger partial charge >= 0.3 is 0 Å². The molecule has 0 saturated carbocycles. The molecule has 1 aromatic carbocycles. The SMILES string of the molecule is CCCc1ccc(C(=O)C(C)(C)N2CCCCCC2)cc1. The first kappa shape index (κ1) is 16.2. The first-order chi connectivity index (χ1) is 10.1. The Bertz CT molecular complexity index is 453. The van der Waals surface area contributed by atoms with Crippen molar-refractivity contribution in [1.82, 2.24) is 4.90 Å². The molecule has 2 heteroatoms. The zero-order valence-corrected chi connectivity index (χ0v) is 13.8. The van der Waals surface area contributed by atoms with Gasteiger partial charge in [0, 0.05) is 5.56 Å². The van der Waals surface area contributed by atoms with Crippen molar-refractivity contribution in [3.63, 3.8) is 0 Å². The topological polar surface area (TPSA) is 20.3 Å². The number of carbonyl (C=O) groups is 1. The minimum absolute atomic E-state index is 0.257. The van der Waals surface area contributed by atoms with Crippen LogP contribution in [-0.2, 0) is 6.42 Å². The largest absolute Gasteiger partial charge is 0.292 e. The second kappa shape index (κ2) is 7.22. The molecule has 0 atom stereocenters. The summed E-state index contributed by atoms with van der Waals surface area (Å²) >= 11 is 0. The highest BCUT2D eigenvalue weighted by Crippen LogP contribution is 2.24. The molecule has 0 aromatic heterocycles. The third kappa shape index (κ3) is 3.94. The van der Waals surface area contributed by atoms with Crippen LogP contribution in [0.25, 0.3) is 0 Å². The normalized spacial score (nSPS) is 17.5. The van der Waals surface area contributed by atoms with Gasteiger partial charge in [-0.15, -0.1) is 0 Å². The summed E-state index contributed by atoms with van der Waals surface area (Å²) in [4.78, 5) is 15.3. The third-order valence-electron chi connectivity index (χ3n) is 4.71. The molecule has 1 aliphatic rings. The van der Waals surface area contributed by atoms with Gasteiger partial charge in [-0.05, 0) is 51.8 Å². The summed E-state index contributed by atoms with van der Waals surface area (Å²) in [7, 11) is 0. The third-order valence-corrected chi connectivity index (χ3v) is 4.71. The van der Waals surface area contributed by atoms with E-state index in [9.17, 15) is 4.79 Å². The van der Waals surface area contributed by atoms with Crippen molar-refractivity contribution in [2.75, 3.05) is 13.1 Å². The molecular weight excluding hydrogens is 258 g/mol. The van der Waals surface area contributed by atoms with Crippen LogP contribution in [0.5, 0.6) is 0 Å². The van der Waals surface area contributed by atoms with Crippen LogP contribution in [0.15, 0.2) is 24.3 Å². The van der Waals surface area contributed by atoms with Crippen LogP contribution in [0.3, 0.4) is 0 Å². The molecule has 2 rings (SSSR count). The number of hydrogen-bond donors (Lipinski definition) is 0. The second-order valence-corrected chi connectivity index (χ2v) is 6.74. The van der Waals surface area contributed by atoms with Crippen LogP contribution in [0.2, 0.25) is 0 Å². The highest BCUT2D eigenvalue weighted by atomic mass is 16.1. The fourth-order valence-electron chi connectivity index (χ4n) is 3.24. The van der Waals surface area contributed by atoms with E-state index in [0.717, 1.165) is 31.5 Å². The molecule has 1 fully saturated rings. The van der Waals surface area contributed by atoms with Crippen molar-refractivity contribution in [2.24, 2.45) is 0 Å². The minimum atomic E-state index is -0.392. The number of Topliss-reactive ketones (excluding diaryl/α,β-unsaturated/α-hetero) is 1. The number of rotatable bonds is 5. The fourth-order valence-corrected chi connectivity index (χ4v) is 3.24. The molecule has 1 aliphatic heterocycles. The van der Waals surface area contributed by atoms with E-state index in [-0.39, 0.29) is 5.78 Å². The molecule has 0 radical (unpaired) electrons. The molecule has 116 valence electrons. The maximum absolute atomic E-state index is 12.9. The predicted molar refractivity (Wildman–Crippen MR) is 88.9 cm³/mol. The molecule has 0 bridgehead atoms. The number of carbonyl (C=O) groups excluding carboxylic acids is 1. The molecule has 1 aromatic rings. The molecule has 0 spiro atoms. The number of likely N-dealkylation sites (tertiary alicyclic amines) is 1. The fraction of sp³-hybridized carbons (Fsp3) is 0.632. The van der Waals surface area contributed by atoms with Gasteiger partial charge in [0.05, 0.1) is 5.54 Å². The summed E-state index contributed by atoms with van der Waals surface area (Å²) in [5, 5.41) is 0. The Labute approximate surface area is 129 Å². The smallest absolute Gasteiger partial charge is 0.182 e. The lowest BCUT2D eigenvalue weighted by Crippen LogP contribution is -2.50. The number of benzene rings is 1. The average molecular weight is 287 g/mol. The van der Waals surface area contributed by atoms with Crippen molar-refractivity contribution in [1.29, 1.82) is 0 Å². The van der Waals surface area contributed by atoms with E-state index in [1.165, 1.54) is 31.2 Å². The van der Waals surface area contributed by atoms with E-state index in [2.05, 4.69) is 37.8 Å². The van der Waals surface area contributed by atoms with Gasteiger partial charge < -0.3 is 0 Å². The first-order valence-corrected chi connectivity index (χ1v) is 8.44. The first-order valence-electron chi connectivity index (χ1n) is 8.44. The Morgan fingerprint density at radius 3 is 2.14 bits per heavy atom. The number of ketones is 1. The molecule has 0 aliphatic carbocycles. The Hall–Kier alpha value is -1.15. The van der Waals surface area contributed by atoms with Gasteiger partial charge in [0.2, 0.25) is 0 Å². The number of hydrogen-bond acceptors (Lipinski definition) is 2. The van der Waals surface area contributed by atoms with Gasteiger partial charge in [0.1, 0.15) is 0 Å². The summed E-state index contributed by atoms with van der Waals surface area (Å²) in [6, 6.07) is 8.23. The predicted octanol–water partition coefficient (Wildman–Crippen LogP) is 4.48. The van der Waals surface area contributed by atoms with Crippen LogP contribution < -0.4 is 0 Å². The highest BCUT2D eigenvalue weighted by Gasteiger charge is 2.35. The maximum atomic E-state index is 12.9. The summed E-state index contributed by atoms with van der Waals surface area (Å²) in [5.74, 6) is 0.257. The lowest BCUT2D eigenvalue weighted by molar-refractivity contribution is 0.0649. The van der Waals surface area contributed by atoms with Gasteiger partial charge in [0.15, 0.2) is 5.78 Å². The maximum Gasteiger partial charge on any atom is 0.182 e. The molecule has 21 heavy (non-hydrogen) atoms. The van der Waals surface area contributed by atoms with Crippen LogP contribution in [-0.4, -0.2) is 29.3 Å². The highest BCUT2D eigenvalue weighted by molar-refractivity contribution is 6.02. The van der Waals surface area contributed by atoms with Gasteiger partial charge in [0.25, 0.3) is 0 Å². The van der Waals surface area contributed by atoms with Crippen molar-refractivity contribution < 1.29 is 4.79 Å². The molecule has 1 heterocycles. The van der Waals surface area contributed by atoms with Crippen LogP contribution in [0.1, 0.15) is 68.8 Å². The van der Waals surface area contributed by atoms with E-state index in [0.29, 0.717) is 0 Å². The Morgan fingerprint density at radius 2 is 1.62 bits per heavy atom. The van der Waals surface area contributed by atoms with Crippen LogP contribution >= 0.6 is 0 Å². The summed E-state index contributed by atoms with van der Waals surface area (Å²) in [6.45, 7) is 8.45. The average Bonchev–Trinajstić information content (AvgIpc) is 2.77. The summed E-state index contributed by atoms with van der Waals surface area (Å²) in [6.07, 6.45) is 7.26. The van der Waals surface area contributed by atoms with Crippen molar-refractivity contribution in [3.05, 3.63) is 35.4 Å². The van der Waals surface area contributed by atoms with Crippen molar-refractivity contribution >= 4 is 5.78 Å². The van der Waals surface area contributed by atoms with Crippen molar-refractivity contribution in [2.45, 2.75) is 64.8 Å². The van der Waals surface area contributed by atoms with E-state index in [1.807, 2.05) is 12.1 Å². The zero-order valence-electron chi connectivity index (χ0n) is 13.8. The van der Waals surface area contributed by atoms with Crippen LogP contribution in [0, 0.1) is 0 Å².